The Labute approximate surface area is 137 Å². The largest absolute Gasteiger partial charge is 0.514 e. The van der Waals surface area contributed by atoms with Crippen LogP contribution in [0.1, 0.15) is 6.42 Å². The van der Waals surface area contributed by atoms with Crippen LogP contribution >= 0.6 is 0 Å². The summed E-state index contributed by atoms with van der Waals surface area (Å²) in [6.45, 7) is 0.788. The minimum atomic E-state index is -0.878. The third-order valence-corrected chi connectivity index (χ3v) is 4.08. The molecule has 9 heteroatoms. The molecule has 0 aliphatic carbocycles. The highest BCUT2D eigenvalue weighted by molar-refractivity contribution is 5.64. The van der Waals surface area contributed by atoms with Gasteiger partial charge in [-0.25, -0.2) is 4.79 Å². The van der Waals surface area contributed by atoms with Crippen LogP contribution in [0.4, 0.5) is 10.5 Å². The number of nitro groups is 1. The first kappa shape index (κ1) is 16.6. The number of hydrogen-bond donors (Lipinski definition) is 0. The van der Waals surface area contributed by atoms with E-state index in [0.29, 0.717) is 19.6 Å². The first-order valence-electron chi connectivity index (χ1n) is 7.47. The lowest BCUT2D eigenvalue weighted by Gasteiger charge is -2.33. The minimum Gasteiger partial charge on any atom is -0.430 e. The molecule has 0 saturated carbocycles. The predicted molar refractivity (Wildman–Crippen MR) is 78.6 cm³/mol. The van der Waals surface area contributed by atoms with Gasteiger partial charge in [0.05, 0.1) is 30.2 Å². The van der Waals surface area contributed by atoms with Crippen molar-refractivity contribution < 1.29 is 33.4 Å². The van der Waals surface area contributed by atoms with Crippen molar-refractivity contribution >= 4 is 11.8 Å². The lowest BCUT2D eigenvalue weighted by molar-refractivity contribution is -0.384. The van der Waals surface area contributed by atoms with Gasteiger partial charge in [-0.3, -0.25) is 10.1 Å². The number of benzene rings is 1. The summed E-state index contributed by atoms with van der Waals surface area (Å²) in [5.41, 5.74) is -0.0889. The van der Waals surface area contributed by atoms with Crippen molar-refractivity contribution in [1.29, 1.82) is 0 Å². The van der Waals surface area contributed by atoms with Crippen molar-refractivity contribution in [2.45, 2.75) is 24.9 Å². The standard InChI is InChI=1S/C15H17NO8/c1-20-12-8-22-14-13(12)11(6-7-21-14)24-15(17)23-10-4-2-9(3-5-10)16(18)19/h2-5,11-14H,6-8H2,1H3. The maximum atomic E-state index is 12.0. The van der Waals surface area contributed by atoms with Gasteiger partial charge < -0.3 is 23.7 Å². The van der Waals surface area contributed by atoms with Crippen LogP contribution < -0.4 is 4.74 Å². The molecule has 2 heterocycles. The van der Waals surface area contributed by atoms with E-state index in [2.05, 4.69) is 0 Å². The zero-order chi connectivity index (χ0) is 17.1. The molecule has 0 bridgehead atoms. The number of ether oxygens (including phenoxy) is 5. The molecule has 4 unspecified atom stereocenters. The summed E-state index contributed by atoms with van der Waals surface area (Å²) < 4.78 is 26.8. The zero-order valence-electron chi connectivity index (χ0n) is 13.0. The monoisotopic (exact) mass is 339 g/mol. The molecule has 0 radical (unpaired) electrons. The number of carbonyl (C=O) groups is 1. The summed E-state index contributed by atoms with van der Waals surface area (Å²) in [5, 5.41) is 10.6. The average Bonchev–Trinajstić information content (AvgIpc) is 2.99. The molecule has 2 aliphatic heterocycles. The number of rotatable bonds is 4. The molecule has 0 aromatic heterocycles. The molecule has 3 rings (SSSR count). The van der Waals surface area contributed by atoms with Crippen LogP contribution in [-0.2, 0) is 18.9 Å². The Bertz CT molecular complexity index is 598. The lowest BCUT2D eigenvalue weighted by Crippen LogP contribution is -2.45. The van der Waals surface area contributed by atoms with Gasteiger partial charge in [0.1, 0.15) is 11.9 Å². The molecule has 130 valence electrons. The van der Waals surface area contributed by atoms with Crippen LogP contribution in [0.3, 0.4) is 0 Å². The summed E-state index contributed by atoms with van der Waals surface area (Å²) in [5.74, 6) is -0.0478. The second kappa shape index (κ2) is 7.12. The fraction of sp³-hybridized carbons (Fsp3) is 0.533. The Balaban J connectivity index is 1.60. The van der Waals surface area contributed by atoms with E-state index in [0.717, 1.165) is 0 Å². The van der Waals surface area contributed by atoms with Crippen LogP contribution in [0.15, 0.2) is 24.3 Å². The average molecular weight is 339 g/mol. The summed E-state index contributed by atoms with van der Waals surface area (Å²) in [6, 6.07) is 5.17. The molecule has 2 fully saturated rings. The molecule has 0 amide bonds. The molecule has 2 saturated heterocycles. The van der Waals surface area contributed by atoms with Gasteiger partial charge in [0.15, 0.2) is 6.29 Å². The SMILES string of the molecule is COC1COC2OCCC(OC(=O)Oc3ccc([N+](=O)[O-])cc3)C12. The molecule has 0 spiro atoms. The third kappa shape index (κ3) is 3.48. The number of nitro benzene ring substituents is 1. The highest BCUT2D eigenvalue weighted by atomic mass is 16.7. The van der Waals surface area contributed by atoms with Gasteiger partial charge in [-0.15, -0.1) is 0 Å². The van der Waals surface area contributed by atoms with Crippen molar-refractivity contribution in [2.75, 3.05) is 20.3 Å². The highest BCUT2D eigenvalue weighted by Gasteiger charge is 2.47. The maximum absolute atomic E-state index is 12.0. The summed E-state index contributed by atoms with van der Waals surface area (Å²) in [7, 11) is 1.57. The van der Waals surface area contributed by atoms with Gasteiger partial charge in [-0.1, -0.05) is 0 Å². The first-order chi connectivity index (χ1) is 11.6. The Morgan fingerprint density at radius 2 is 2.00 bits per heavy atom. The molecular formula is C15H17NO8. The molecule has 2 aliphatic rings. The van der Waals surface area contributed by atoms with Crippen LogP contribution in [0.2, 0.25) is 0 Å². The number of fused-ring (bicyclic) bond motifs is 1. The number of hydrogen-bond acceptors (Lipinski definition) is 8. The first-order valence-corrected chi connectivity index (χ1v) is 7.47. The van der Waals surface area contributed by atoms with Gasteiger partial charge in [-0.05, 0) is 12.1 Å². The lowest BCUT2D eigenvalue weighted by atomic mass is 9.93. The van der Waals surface area contributed by atoms with Gasteiger partial charge in [0, 0.05) is 25.7 Å². The number of carbonyl (C=O) groups excluding carboxylic acids is 1. The summed E-state index contributed by atoms with van der Waals surface area (Å²) in [4.78, 5) is 22.0. The number of non-ortho nitro benzene ring substituents is 1. The summed E-state index contributed by atoms with van der Waals surface area (Å²) in [6.07, 6.45) is -1.48. The Kier molecular flexibility index (Phi) is 4.93. The van der Waals surface area contributed by atoms with E-state index in [1.165, 1.54) is 24.3 Å². The van der Waals surface area contributed by atoms with Crippen molar-refractivity contribution in [3.8, 4) is 5.75 Å². The van der Waals surface area contributed by atoms with Gasteiger partial charge >= 0.3 is 6.16 Å². The predicted octanol–water partition coefficient (Wildman–Crippen LogP) is 1.89. The van der Waals surface area contributed by atoms with Gasteiger partial charge in [0.25, 0.3) is 5.69 Å². The van der Waals surface area contributed by atoms with Crippen LogP contribution in [-0.4, -0.2) is 49.9 Å². The van der Waals surface area contributed by atoms with Crippen molar-refractivity contribution in [1.82, 2.24) is 0 Å². The van der Waals surface area contributed by atoms with E-state index >= 15 is 0 Å². The Hall–Kier alpha value is -2.23. The van der Waals surface area contributed by atoms with Gasteiger partial charge in [-0.2, -0.15) is 0 Å². The highest BCUT2D eigenvalue weighted by Crippen LogP contribution is 2.34. The van der Waals surface area contributed by atoms with Crippen molar-refractivity contribution in [3.05, 3.63) is 34.4 Å². The van der Waals surface area contributed by atoms with E-state index in [-0.39, 0.29) is 23.5 Å². The van der Waals surface area contributed by atoms with E-state index in [4.69, 9.17) is 23.7 Å². The molecule has 0 N–H and O–H groups in total. The molecular weight excluding hydrogens is 322 g/mol. The Morgan fingerprint density at radius 1 is 1.25 bits per heavy atom. The summed E-state index contributed by atoms with van der Waals surface area (Å²) >= 11 is 0. The normalized spacial score (nSPS) is 28.9. The number of nitrogens with zero attached hydrogens (tertiary/aromatic N) is 1. The van der Waals surface area contributed by atoms with Crippen LogP contribution in [0, 0.1) is 16.0 Å². The maximum Gasteiger partial charge on any atom is 0.514 e. The molecule has 4 atom stereocenters. The fourth-order valence-corrected chi connectivity index (χ4v) is 2.90. The fourth-order valence-electron chi connectivity index (χ4n) is 2.90. The zero-order valence-corrected chi connectivity index (χ0v) is 13.0. The third-order valence-electron chi connectivity index (χ3n) is 4.08. The van der Waals surface area contributed by atoms with Crippen molar-refractivity contribution in [3.63, 3.8) is 0 Å². The topological polar surface area (TPSA) is 106 Å². The van der Waals surface area contributed by atoms with E-state index in [1.54, 1.807) is 7.11 Å². The van der Waals surface area contributed by atoms with E-state index in [9.17, 15) is 14.9 Å². The molecule has 1 aromatic carbocycles. The second-order valence-electron chi connectivity index (χ2n) is 5.47. The van der Waals surface area contributed by atoms with Gasteiger partial charge in [0.2, 0.25) is 0 Å². The quantitative estimate of drug-likeness (QED) is 0.354. The van der Waals surface area contributed by atoms with E-state index < -0.39 is 23.5 Å². The molecule has 1 aromatic rings. The Morgan fingerprint density at radius 3 is 2.67 bits per heavy atom. The van der Waals surface area contributed by atoms with Crippen LogP contribution in [0.5, 0.6) is 5.75 Å². The molecule has 9 nitrogen and oxygen atoms in total. The minimum absolute atomic E-state index is 0.0889. The molecule has 24 heavy (non-hydrogen) atoms. The number of methoxy groups -OCH3 is 1. The van der Waals surface area contributed by atoms with E-state index in [1.807, 2.05) is 0 Å². The van der Waals surface area contributed by atoms with Crippen molar-refractivity contribution in [2.24, 2.45) is 5.92 Å². The smallest absolute Gasteiger partial charge is 0.430 e. The van der Waals surface area contributed by atoms with Crippen LogP contribution in [0.25, 0.3) is 0 Å². The second-order valence-corrected chi connectivity index (χ2v) is 5.47.